The molecule has 0 amide bonds. The summed E-state index contributed by atoms with van der Waals surface area (Å²) in [6.45, 7) is 0. The minimum atomic E-state index is -4.49. The zero-order valence-corrected chi connectivity index (χ0v) is 11.8. The van der Waals surface area contributed by atoms with Crippen LogP contribution < -0.4 is 4.89 Å². The lowest BCUT2D eigenvalue weighted by Crippen LogP contribution is -2.11. The van der Waals surface area contributed by atoms with Crippen LogP contribution in [0.5, 0.6) is 5.75 Å². The second kappa shape index (κ2) is 6.70. The molecule has 0 spiro atoms. The van der Waals surface area contributed by atoms with E-state index in [1.165, 1.54) is 6.07 Å². The van der Waals surface area contributed by atoms with Crippen molar-refractivity contribution in [3.63, 3.8) is 0 Å². The van der Waals surface area contributed by atoms with Crippen LogP contribution in [0, 0.1) is 0 Å². The maximum absolute atomic E-state index is 12.5. The van der Waals surface area contributed by atoms with Gasteiger partial charge in [-0.3, -0.25) is 9.78 Å². The number of hydrogen-bond donors (Lipinski definition) is 0. The van der Waals surface area contributed by atoms with Gasteiger partial charge in [0, 0.05) is 5.02 Å². The molecule has 0 radical (unpaired) electrons. The molecule has 0 aliphatic carbocycles. The van der Waals surface area contributed by atoms with Crippen LogP contribution in [0.25, 0.3) is 0 Å². The largest absolute Gasteiger partial charge is 0.416 e. The standard InChI is InChI=1S/C15H10ClF3O3/c16-12-6-4-10(5-7-12)8-14(20)22-21-13-3-1-2-11(9-13)15(17,18)19/h1-7,9H,8H2. The van der Waals surface area contributed by atoms with Crippen molar-refractivity contribution in [1.82, 2.24) is 0 Å². The van der Waals surface area contributed by atoms with E-state index < -0.39 is 17.7 Å². The van der Waals surface area contributed by atoms with Crippen molar-refractivity contribution < 1.29 is 27.7 Å². The predicted octanol–water partition coefficient (Wildman–Crippen LogP) is 4.44. The summed E-state index contributed by atoms with van der Waals surface area (Å²) in [4.78, 5) is 20.7. The Morgan fingerprint density at radius 2 is 1.77 bits per heavy atom. The SMILES string of the molecule is O=C(Cc1ccc(Cl)cc1)OOc1cccc(C(F)(F)F)c1. The monoisotopic (exact) mass is 330 g/mol. The first kappa shape index (κ1) is 16.2. The molecule has 0 aromatic heterocycles. The summed E-state index contributed by atoms with van der Waals surface area (Å²) in [5.41, 5.74) is -0.249. The highest BCUT2D eigenvalue weighted by Crippen LogP contribution is 2.31. The van der Waals surface area contributed by atoms with Gasteiger partial charge in [0.25, 0.3) is 0 Å². The summed E-state index contributed by atoms with van der Waals surface area (Å²) in [6.07, 6.45) is -4.58. The number of halogens is 4. The van der Waals surface area contributed by atoms with Crippen molar-refractivity contribution in [2.45, 2.75) is 12.6 Å². The van der Waals surface area contributed by atoms with E-state index in [1.807, 2.05) is 0 Å². The van der Waals surface area contributed by atoms with E-state index in [2.05, 4.69) is 9.78 Å². The Morgan fingerprint density at radius 1 is 1.09 bits per heavy atom. The second-order valence-corrected chi connectivity index (χ2v) is 4.80. The molecule has 0 fully saturated rings. The van der Waals surface area contributed by atoms with Gasteiger partial charge in [-0.05, 0) is 35.9 Å². The average Bonchev–Trinajstić information content (AvgIpc) is 2.47. The van der Waals surface area contributed by atoms with Crippen LogP contribution in [-0.4, -0.2) is 5.97 Å². The highest BCUT2D eigenvalue weighted by molar-refractivity contribution is 6.30. The number of benzene rings is 2. The molecule has 0 atom stereocenters. The van der Waals surface area contributed by atoms with Crippen molar-refractivity contribution in [3.8, 4) is 5.75 Å². The fourth-order valence-corrected chi connectivity index (χ4v) is 1.74. The lowest BCUT2D eigenvalue weighted by Gasteiger charge is -2.08. The van der Waals surface area contributed by atoms with Gasteiger partial charge in [0.05, 0.1) is 12.0 Å². The Bertz CT molecular complexity index is 654. The zero-order chi connectivity index (χ0) is 16.2. The molecule has 3 nitrogen and oxygen atoms in total. The van der Waals surface area contributed by atoms with E-state index in [0.29, 0.717) is 10.6 Å². The van der Waals surface area contributed by atoms with Gasteiger partial charge in [0.1, 0.15) is 0 Å². The smallest absolute Gasteiger partial charge is 0.287 e. The van der Waals surface area contributed by atoms with Crippen LogP contribution in [0.15, 0.2) is 48.5 Å². The Labute approximate surface area is 129 Å². The fourth-order valence-electron chi connectivity index (χ4n) is 1.62. The van der Waals surface area contributed by atoms with Crippen molar-refractivity contribution in [2.24, 2.45) is 0 Å². The van der Waals surface area contributed by atoms with Gasteiger partial charge in [-0.2, -0.15) is 13.2 Å². The first-order valence-corrected chi connectivity index (χ1v) is 6.51. The third-order valence-corrected chi connectivity index (χ3v) is 2.91. The van der Waals surface area contributed by atoms with Gasteiger partial charge in [-0.25, -0.2) is 4.79 Å². The van der Waals surface area contributed by atoms with E-state index in [-0.39, 0.29) is 12.2 Å². The third-order valence-electron chi connectivity index (χ3n) is 2.65. The summed E-state index contributed by atoms with van der Waals surface area (Å²) >= 11 is 5.71. The quantitative estimate of drug-likeness (QED) is 0.614. The van der Waals surface area contributed by atoms with Crippen LogP contribution in [-0.2, 0) is 22.3 Å². The van der Waals surface area contributed by atoms with E-state index >= 15 is 0 Å². The van der Waals surface area contributed by atoms with E-state index in [9.17, 15) is 18.0 Å². The predicted molar refractivity (Wildman–Crippen MR) is 73.3 cm³/mol. The van der Waals surface area contributed by atoms with Crippen LogP contribution >= 0.6 is 11.6 Å². The number of rotatable bonds is 4. The molecule has 0 saturated heterocycles. The second-order valence-electron chi connectivity index (χ2n) is 4.37. The molecule has 2 aromatic rings. The molecule has 22 heavy (non-hydrogen) atoms. The molecule has 0 aliphatic heterocycles. The van der Waals surface area contributed by atoms with Crippen LogP contribution in [0.3, 0.4) is 0 Å². The Hall–Kier alpha value is -2.21. The van der Waals surface area contributed by atoms with E-state index in [1.54, 1.807) is 24.3 Å². The fraction of sp³-hybridized carbons (Fsp3) is 0.133. The van der Waals surface area contributed by atoms with Gasteiger partial charge >= 0.3 is 12.1 Å². The molecular formula is C15H10ClF3O3. The Kier molecular flexibility index (Phi) is 4.92. The number of alkyl halides is 3. The molecule has 7 heteroatoms. The van der Waals surface area contributed by atoms with Gasteiger partial charge < -0.3 is 0 Å². The molecule has 0 aliphatic rings. The van der Waals surface area contributed by atoms with Crippen molar-refractivity contribution >= 4 is 17.6 Å². The van der Waals surface area contributed by atoms with Gasteiger partial charge in [-0.15, -0.1) is 0 Å². The first-order valence-electron chi connectivity index (χ1n) is 6.13. The maximum atomic E-state index is 12.5. The number of carbonyl (C=O) groups is 1. The summed E-state index contributed by atoms with van der Waals surface area (Å²) in [7, 11) is 0. The van der Waals surface area contributed by atoms with E-state index in [4.69, 9.17) is 11.6 Å². The van der Waals surface area contributed by atoms with Crippen LogP contribution in [0.2, 0.25) is 5.02 Å². The molecule has 2 aromatic carbocycles. The molecule has 0 saturated carbocycles. The lowest BCUT2D eigenvalue weighted by molar-refractivity contribution is -0.213. The van der Waals surface area contributed by atoms with Gasteiger partial charge in [-0.1, -0.05) is 29.8 Å². The summed E-state index contributed by atoms with van der Waals surface area (Å²) in [6, 6.07) is 10.5. The summed E-state index contributed by atoms with van der Waals surface area (Å²) in [5.74, 6) is -0.945. The third kappa shape index (κ3) is 4.66. The molecule has 0 N–H and O–H groups in total. The topological polar surface area (TPSA) is 35.5 Å². The normalized spacial score (nSPS) is 11.1. The molecular weight excluding hydrogens is 321 g/mol. The van der Waals surface area contributed by atoms with Crippen LogP contribution in [0.1, 0.15) is 11.1 Å². The molecule has 0 unspecified atom stereocenters. The number of carbonyl (C=O) groups excluding carboxylic acids is 1. The van der Waals surface area contributed by atoms with Gasteiger partial charge in [0.2, 0.25) is 0 Å². The summed E-state index contributed by atoms with van der Waals surface area (Å²) < 4.78 is 37.5. The minimum absolute atomic E-state index is 0.0872. The zero-order valence-electron chi connectivity index (χ0n) is 11.1. The lowest BCUT2D eigenvalue weighted by atomic mass is 10.2. The van der Waals surface area contributed by atoms with Crippen LogP contribution in [0.4, 0.5) is 13.2 Å². The van der Waals surface area contributed by atoms with E-state index in [0.717, 1.165) is 18.2 Å². The maximum Gasteiger partial charge on any atom is 0.416 e. The van der Waals surface area contributed by atoms with Crippen molar-refractivity contribution in [1.29, 1.82) is 0 Å². The van der Waals surface area contributed by atoms with Crippen molar-refractivity contribution in [2.75, 3.05) is 0 Å². The van der Waals surface area contributed by atoms with Gasteiger partial charge in [0.15, 0.2) is 5.75 Å². The van der Waals surface area contributed by atoms with Crippen molar-refractivity contribution in [3.05, 3.63) is 64.7 Å². The Morgan fingerprint density at radius 3 is 2.41 bits per heavy atom. The first-order chi connectivity index (χ1) is 10.3. The molecule has 0 heterocycles. The molecule has 2 rings (SSSR count). The Balaban J connectivity index is 1.92. The highest BCUT2D eigenvalue weighted by atomic mass is 35.5. The molecule has 116 valence electrons. The molecule has 0 bridgehead atoms. The average molecular weight is 331 g/mol. The summed E-state index contributed by atoms with van der Waals surface area (Å²) in [5, 5.41) is 0.525. The number of hydrogen-bond acceptors (Lipinski definition) is 3. The highest BCUT2D eigenvalue weighted by Gasteiger charge is 2.30. The minimum Gasteiger partial charge on any atom is -0.287 e.